The van der Waals surface area contributed by atoms with Gasteiger partial charge in [0, 0.05) is 33.1 Å². The van der Waals surface area contributed by atoms with E-state index in [-0.39, 0.29) is 42.4 Å². The second-order valence-electron chi connectivity index (χ2n) is 6.50. The van der Waals surface area contributed by atoms with Crippen LogP contribution < -0.4 is 20.5 Å². The maximum atomic E-state index is 11.2. The fraction of sp³-hybridized carbons (Fsp3) is 0.500. The van der Waals surface area contributed by atoms with Crippen LogP contribution >= 0.6 is 24.0 Å². The highest BCUT2D eigenvalue weighted by atomic mass is 127. The first-order chi connectivity index (χ1) is 13.1. The molecule has 1 aliphatic heterocycles. The summed E-state index contributed by atoms with van der Waals surface area (Å²) in [5.74, 6) is 4.55. The minimum atomic E-state index is -0.248. The molecule has 1 saturated heterocycles. The highest BCUT2D eigenvalue weighted by Gasteiger charge is 2.23. The van der Waals surface area contributed by atoms with Gasteiger partial charge in [0.1, 0.15) is 6.61 Å². The molecule has 2 rings (SSSR count). The minimum absolute atomic E-state index is 0. The number of nitrogens with zero attached hydrogens (tertiary/aromatic N) is 2. The number of primary amides is 1. The molecule has 8 heteroatoms. The molecule has 0 radical (unpaired) electrons. The molecule has 1 aliphatic rings. The normalized spacial score (nSPS) is 16.5. The first-order valence-electron chi connectivity index (χ1n) is 9.04. The number of likely N-dealkylation sites (tertiary alicyclic amines) is 1. The third-order valence-electron chi connectivity index (χ3n) is 4.51. The number of carbonyl (C=O) groups is 1. The monoisotopic (exact) mass is 500 g/mol. The van der Waals surface area contributed by atoms with Crippen LogP contribution in [-0.2, 0) is 11.3 Å². The lowest BCUT2D eigenvalue weighted by Gasteiger charge is -2.34. The fourth-order valence-electron chi connectivity index (χ4n) is 3.29. The van der Waals surface area contributed by atoms with E-state index in [1.807, 2.05) is 18.2 Å². The lowest BCUT2D eigenvalue weighted by Crippen LogP contribution is -2.46. The third kappa shape index (κ3) is 7.11. The molecule has 1 aromatic carbocycles. The van der Waals surface area contributed by atoms with Crippen LogP contribution in [0.4, 0.5) is 0 Å². The summed E-state index contributed by atoms with van der Waals surface area (Å²) in [6, 6.07) is 5.73. The predicted octanol–water partition coefficient (Wildman–Crippen LogP) is 1.99. The molecule has 1 aromatic rings. The van der Waals surface area contributed by atoms with Gasteiger partial charge in [0.25, 0.3) is 0 Å². The first-order valence-corrected chi connectivity index (χ1v) is 9.04. The number of rotatable bonds is 7. The quantitative estimate of drug-likeness (QED) is 0.259. The van der Waals surface area contributed by atoms with Crippen LogP contribution in [-0.4, -0.2) is 50.6 Å². The Kier molecular flexibility index (Phi) is 10.5. The number of hydrogen-bond acceptors (Lipinski definition) is 4. The summed E-state index contributed by atoms with van der Waals surface area (Å²) in [4.78, 5) is 17.8. The number of terminal acetylenes is 1. The summed E-state index contributed by atoms with van der Waals surface area (Å²) in [5.41, 5.74) is 6.37. The molecule has 1 unspecified atom stereocenters. The standard InChI is InChI=1S/C20H28N4O3.HI/c1-4-10-27-18-11-15(7-8-17(18)26-3)13-23-20(22-2)24-9-5-6-16(14-24)12-19(21)25;/h1,7-8,11,16H,5-6,9-10,12-14H2,2-3H3,(H2,21,25)(H,22,23);1H. The van der Waals surface area contributed by atoms with Gasteiger partial charge >= 0.3 is 0 Å². The van der Waals surface area contributed by atoms with E-state index in [0.717, 1.165) is 37.5 Å². The smallest absolute Gasteiger partial charge is 0.217 e. The number of nitrogens with two attached hydrogens (primary N) is 1. The van der Waals surface area contributed by atoms with Crippen LogP contribution in [0.25, 0.3) is 0 Å². The zero-order valence-electron chi connectivity index (χ0n) is 16.4. The number of hydrogen-bond donors (Lipinski definition) is 2. The van der Waals surface area contributed by atoms with Crippen molar-refractivity contribution < 1.29 is 14.3 Å². The van der Waals surface area contributed by atoms with Crippen molar-refractivity contribution >= 4 is 35.8 Å². The van der Waals surface area contributed by atoms with Gasteiger partial charge in [-0.25, -0.2) is 0 Å². The molecular weight excluding hydrogens is 471 g/mol. The molecule has 0 aliphatic carbocycles. The van der Waals surface area contributed by atoms with Gasteiger partial charge in [-0.2, -0.15) is 0 Å². The number of halogens is 1. The zero-order valence-corrected chi connectivity index (χ0v) is 18.8. The molecule has 0 bridgehead atoms. The maximum absolute atomic E-state index is 11.2. The van der Waals surface area contributed by atoms with Crippen LogP contribution in [0.2, 0.25) is 0 Å². The van der Waals surface area contributed by atoms with Gasteiger partial charge in [0.05, 0.1) is 7.11 Å². The van der Waals surface area contributed by atoms with Crippen molar-refractivity contribution in [3.05, 3.63) is 23.8 Å². The Labute approximate surface area is 184 Å². The lowest BCUT2D eigenvalue weighted by atomic mass is 9.95. The van der Waals surface area contributed by atoms with E-state index < -0.39 is 0 Å². The highest BCUT2D eigenvalue weighted by molar-refractivity contribution is 14.0. The number of ether oxygens (including phenoxy) is 2. The van der Waals surface area contributed by atoms with E-state index in [9.17, 15) is 4.79 Å². The molecule has 3 N–H and O–H groups in total. The maximum Gasteiger partial charge on any atom is 0.217 e. The van der Waals surface area contributed by atoms with Crippen LogP contribution in [0.1, 0.15) is 24.8 Å². The molecule has 7 nitrogen and oxygen atoms in total. The summed E-state index contributed by atoms with van der Waals surface area (Å²) in [6.07, 6.45) is 7.72. The molecule has 28 heavy (non-hydrogen) atoms. The molecule has 1 atom stereocenters. The van der Waals surface area contributed by atoms with Crippen LogP contribution in [0.3, 0.4) is 0 Å². The van der Waals surface area contributed by atoms with Crippen molar-refractivity contribution in [2.24, 2.45) is 16.6 Å². The van der Waals surface area contributed by atoms with E-state index in [4.69, 9.17) is 21.6 Å². The summed E-state index contributed by atoms with van der Waals surface area (Å²) in [7, 11) is 3.35. The van der Waals surface area contributed by atoms with Crippen LogP contribution in [0, 0.1) is 18.3 Å². The molecule has 1 fully saturated rings. The zero-order chi connectivity index (χ0) is 19.6. The van der Waals surface area contributed by atoms with Gasteiger partial charge in [-0.1, -0.05) is 12.0 Å². The Morgan fingerprint density at radius 2 is 2.25 bits per heavy atom. The van der Waals surface area contributed by atoms with Crippen LogP contribution in [0.5, 0.6) is 11.5 Å². The fourth-order valence-corrected chi connectivity index (χ4v) is 3.29. The van der Waals surface area contributed by atoms with Gasteiger partial charge in [-0.15, -0.1) is 30.4 Å². The number of piperidine rings is 1. The van der Waals surface area contributed by atoms with Gasteiger partial charge in [-0.3, -0.25) is 9.79 Å². The third-order valence-corrected chi connectivity index (χ3v) is 4.51. The van der Waals surface area contributed by atoms with Gasteiger partial charge in [-0.05, 0) is 36.5 Å². The van der Waals surface area contributed by atoms with E-state index in [1.165, 1.54) is 0 Å². The average Bonchev–Trinajstić information content (AvgIpc) is 2.66. The summed E-state index contributed by atoms with van der Waals surface area (Å²) >= 11 is 0. The summed E-state index contributed by atoms with van der Waals surface area (Å²) in [6.45, 7) is 2.46. The van der Waals surface area contributed by atoms with Crippen molar-refractivity contribution in [1.29, 1.82) is 0 Å². The van der Waals surface area contributed by atoms with Crippen molar-refractivity contribution in [2.45, 2.75) is 25.8 Å². The Balaban J connectivity index is 0.00000392. The van der Waals surface area contributed by atoms with Gasteiger partial charge < -0.3 is 25.4 Å². The number of benzene rings is 1. The van der Waals surface area contributed by atoms with Crippen molar-refractivity contribution in [2.75, 3.05) is 33.9 Å². The largest absolute Gasteiger partial charge is 0.493 e. The highest BCUT2D eigenvalue weighted by Crippen LogP contribution is 2.28. The molecule has 154 valence electrons. The van der Waals surface area contributed by atoms with E-state index in [2.05, 4.69) is 21.1 Å². The number of aliphatic imine (C=N–C) groups is 1. The average molecular weight is 500 g/mol. The topological polar surface area (TPSA) is 89.2 Å². The number of amides is 1. The van der Waals surface area contributed by atoms with Crippen molar-refractivity contribution in [3.63, 3.8) is 0 Å². The summed E-state index contributed by atoms with van der Waals surface area (Å²) < 4.78 is 10.8. The van der Waals surface area contributed by atoms with Crippen LogP contribution in [0.15, 0.2) is 23.2 Å². The number of methoxy groups -OCH3 is 1. The molecule has 1 amide bonds. The number of nitrogens with one attached hydrogen (secondary N) is 1. The molecule has 0 aromatic heterocycles. The summed E-state index contributed by atoms with van der Waals surface area (Å²) in [5, 5.41) is 3.37. The Bertz CT molecular complexity index is 718. The van der Waals surface area contributed by atoms with Gasteiger partial charge in [0.15, 0.2) is 17.5 Å². The number of carbonyl (C=O) groups excluding carboxylic acids is 1. The Morgan fingerprint density at radius 1 is 1.46 bits per heavy atom. The molecule has 0 spiro atoms. The van der Waals surface area contributed by atoms with Gasteiger partial charge in [0.2, 0.25) is 5.91 Å². The Hall–Kier alpha value is -2.15. The second-order valence-corrected chi connectivity index (χ2v) is 6.50. The van der Waals surface area contributed by atoms with Crippen molar-refractivity contribution in [1.82, 2.24) is 10.2 Å². The second kappa shape index (κ2) is 12.3. The van der Waals surface area contributed by atoms with Crippen molar-refractivity contribution in [3.8, 4) is 23.8 Å². The van der Waals surface area contributed by atoms with E-state index in [0.29, 0.717) is 24.5 Å². The molecular formula is C20H29IN4O3. The lowest BCUT2D eigenvalue weighted by molar-refractivity contribution is -0.119. The minimum Gasteiger partial charge on any atom is -0.493 e. The molecule has 0 saturated carbocycles. The Morgan fingerprint density at radius 3 is 2.89 bits per heavy atom. The van der Waals surface area contributed by atoms with E-state index in [1.54, 1.807) is 14.2 Å². The molecule has 1 heterocycles. The number of guanidine groups is 1. The first kappa shape index (κ1) is 23.9. The van der Waals surface area contributed by atoms with E-state index >= 15 is 0 Å². The predicted molar refractivity (Wildman–Crippen MR) is 121 cm³/mol. The SMILES string of the molecule is C#CCOc1cc(CNC(=NC)N2CCCC(CC(N)=O)C2)ccc1OC.I.